The van der Waals surface area contributed by atoms with E-state index in [0.29, 0.717) is 56.6 Å². The van der Waals surface area contributed by atoms with Gasteiger partial charge < -0.3 is 124 Å². The summed E-state index contributed by atoms with van der Waals surface area (Å²) in [6, 6.07) is 19.0. The number of aryl methyl sites for hydroxylation is 2. The second-order valence-corrected chi connectivity index (χ2v) is 24.5. The quantitative estimate of drug-likeness (QED) is 0.0410. The fraction of sp³-hybridized carbons (Fsp3) is 0.559. The van der Waals surface area contributed by atoms with Gasteiger partial charge in [-0.2, -0.15) is 0 Å². The minimum Gasteiger partial charge on any atom is -0.508 e. The second kappa shape index (κ2) is 36.7. The van der Waals surface area contributed by atoms with Crippen LogP contribution >= 0.6 is 0 Å². The molecular formula is C68H94O27. The molecule has 21 atom stereocenters. The number of rotatable bonds is 17. The van der Waals surface area contributed by atoms with Crippen LogP contribution in [0.2, 0.25) is 0 Å². The van der Waals surface area contributed by atoms with Gasteiger partial charge in [-0.15, -0.1) is 0 Å². The molecule has 0 radical (unpaired) electrons. The Morgan fingerprint density at radius 2 is 0.926 bits per heavy atom. The molecule has 0 amide bonds. The molecule has 4 aromatic carbocycles. The number of hydrogen-bond acceptors (Lipinski definition) is 27. The molecule has 5 aliphatic rings. The Morgan fingerprint density at radius 3 is 1.43 bits per heavy atom. The van der Waals surface area contributed by atoms with Crippen LogP contribution in [-0.4, -0.2) is 238 Å². The molecule has 0 saturated carbocycles. The lowest BCUT2D eigenvalue weighted by molar-refractivity contribution is -0.299. The zero-order valence-electron chi connectivity index (χ0n) is 54.3. The fourth-order valence-corrected chi connectivity index (χ4v) is 10.3. The third-order valence-electron chi connectivity index (χ3n) is 16.6. The van der Waals surface area contributed by atoms with Crippen LogP contribution in [-0.2, 0) is 69.8 Å². The third kappa shape index (κ3) is 23.0. The van der Waals surface area contributed by atoms with Crippen molar-refractivity contribution in [2.45, 2.75) is 198 Å². The van der Waals surface area contributed by atoms with E-state index in [1.54, 1.807) is 52.0 Å². The zero-order chi connectivity index (χ0) is 70.0. The molecule has 528 valence electrons. The van der Waals surface area contributed by atoms with E-state index in [1.807, 2.05) is 45.9 Å². The molecule has 5 fully saturated rings. The van der Waals surface area contributed by atoms with Crippen molar-refractivity contribution in [3.05, 3.63) is 118 Å². The number of benzene rings is 4. The highest BCUT2D eigenvalue weighted by Gasteiger charge is 2.46. The van der Waals surface area contributed by atoms with E-state index in [2.05, 4.69) is 0 Å². The van der Waals surface area contributed by atoms with E-state index >= 15 is 0 Å². The summed E-state index contributed by atoms with van der Waals surface area (Å²) in [5.41, 5.74) is 4.38. The second-order valence-electron chi connectivity index (χ2n) is 24.5. The van der Waals surface area contributed by atoms with Gasteiger partial charge in [-0.25, -0.2) is 9.59 Å². The Balaban J connectivity index is 0.000000206. The van der Waals surface area contributed by atoms with Crippen LogP contribution < -0.4 is 0 Å². The lowest BCUT2D eigenvalue weighted by Gasteiger charge is -2.40. The van der Waals surface area contributed by atoms with Crippen molar-refractivity contribution in [3.63, 3.8) is 0 Å². The average molecular weight is 1340 g/mol. The molecule has 0 aliphatic carbocycles. The van der Waals surface area contributed by atoms with Crippen molar-refractivity contribution in [3.8, 4) is 34.5 Å². The van der Waals surface area contributed by atoms with Crippen molar-refractivity contribution in [2.75, 3.05) is 33.0 Å². The molecule has 5 heterocycles. The number of phenolic OH excluding ortho intramolecular Hbond substituents is 6. The average Bonchev–Trinajstić information content (AvgIpc) is 0.845. The summed E-state index contributed by atoms with van der Waals surface area (Å²) in [4.78, 5) is 24.0. The van der Waals surface area contributed by atoms with Crippen molar-refractivity contribution in [1.82, 2.24) is 0 Å². The molecular weight excluding hydrogens is 1250 g/mol. The molecule has 0 spiro atoms. The van der Waals surface area contributed by atoms with Crippen LogP contribution in [0, 0.1) is 25.7 Å². The number of phenols is 6. The van der Waals surface area contributed by atoms with Crippen molar-refractivity contribution in [2.24, 2.45) is 11.8 Å². The number of carbonyl (C=O) groups excluding carboxylic acids is 2. The molecule has 21 unspecified atom stereocenters. The van der Waals surface area contributed by atoms with E-state index in [0.717, 1.165) is 28.3 Å². The summed E-state index contributed by atoms with van der Waals surface area (Å²) < 4.78 is 54.4. The zero-order valence-corrected chi connectivity index (χ0v) is 54.3. The molecule has 95 heavy (non-hydrogen) atoms. The Kier molecular flexibility index (Phi) is 29.9. The maximum absolute atomic E-state index is 12.2. The number of aliphatic hydroxyl groups excluding tert-OH is 9. The highest BCUT2D eigenvalue weighted by atomic mass is 16.7. The molecule has 15 N–H and O–H groups in total. The number of ether oxygens (including phenoxy) is 10. The molecule has 9 rings (SSSR count). The Morgan fingerprint density at radius 1 is 0.453 bits per heavy atom. The van der Waals surface area contributed by atoms with Gasteiger partial charge >= 0.3 is 11.9 Å². The van der Waals surface area contributed by atoms with Crippen LogP contribution in [0.3, 0.4) is 0 Å². The minimum absolute atomic E-state index is 0.0970. The number of aromatic hydroxyl groups is 6. The SMILES string of the molecule is CC1COC(C)C(OC(=O)/C=C/c2ccc(O)c(O)c2)C1O.CC1COC(COC2OC(C)C(O)C(O)C2O)CC1O.Cc1ccc(CCOC2OC(C)C(OC(=O)/C=C/c3ccc(O)c(O)c3)C(O)C2O)cc1O.Cc1ccc(CCOC2OC(C)CC(O)C2O)cc1O. The minimum atomic E-state index is -1.44. The van der Waals surface area contributed by atoms with Gasteiger partial charge in [0.25, 0.3) is 0 Å². The van der Waals surface area contributed by atoms with E-state index in [1.165, 1.54) is 48.6 Å². The van der Waals surface area contributed by atoms with Crippen LogP contribution in [0.15, 0.2) is 84.9 Å². The first-order valence-electron chi connectivity index (χ1n) is 31.5. The molecule has 27 heteroatoms. The summed E-state index contributed by atoms with van der Waals surface area (Å²) in [7, 11) is 0. The lowest BCUT2D eigenvalue weighted by atomic mass is 9.94. The van der Waals surface area contributed by atoms with E-state index < -0.39 is 110 Å². The third-order valence-corrected chi connectivity index (χ3v) is 16.6. The Hall–Kier alpha value is -6.58. The van der Waals surface area contributed by atoms with E-state index in [4.69, 9.17) is 47.4 Å². The van der Waals surface area contributed by atoms with Gasteiger partial charge in [0.2, 0.25) is 0 Å². The topological polar surface area (TPSA) is 430 Å². The molecule has 0 bridgehead atoms. The maximum Gasteiger partial charge on any atom is 0.331 e. The first kappa shape index (κ1) is 77.4. The molecule has 5 saturated heterocycles. The normalized spacial score (nSPS) is 32.4. The largest absolute Gasteiger partial charge is 0.508 e. The summed E-state index contributed by atoms with van der Waals surface area (Å²) in [5, 5.41) is 146. The molecule has 5 aliphatic heterocycles. The summed E-state index contributed by atoms with van der Waals surface area (Å²) in [5.74, 6) is -2.07. The maximum atomic E-state index is 12.2. The van der Waals surface area contributed by atoms with E-state index in [9.17, 15) is 86.2 Å². The van der Waals surface area contributed by atoms with Gasteiger partial charge in [0.15, 0.2) is 54.1 Å². The van der Waals surface area contributed by atoms with Gasteiger partial charge in [0.1, 0.15) is 48.1 Å². The van der Waals surface area contributed by atoms with Crippen molar-refractivity contribution < 1.29 is 134 Å². The lowest BCUT2D eigenvalue weighted by Crippen LogP contribution is -2.58. The monoisotopic (exact) mass is 1340 g/mol. The van der Waals surface area contributed by atoms with Gasteiger partial charge in [-0.05, 0) is 136 Å². The number of carbonyl (C=O) groups is 2. The Labute approximate surface area is 551 Å². The molecule has 27 nitrogen and oxygen atoms in total. The standard InChI is InChI=1S/C24H28O9.C16H20O6.C15H22O5.C13H24O7/c1-13-3-4-16(11-18(13)26)9-10-31-24-22(30)21(29)23(14(2)32-24)33-20(28)8-6-15-5-7-17(25)19(27)12-15;1-9-8-21-10(2)16(15(9)20)22-14(19)6-4-11-3-5-12(17)13(18)7-11;1-9-3-4-11(8-12(9)16)5-6-19-15-14(18)13(17)7-10(2)20-15;1-6-4-18-8(3-9(6)14)5-19-13-12(17)11(16)10(15)7(2)20-13/h3-8,11-12,14,21-27,29-30H,9-10H2,1-2H3;3-7,9-10,15-18,20H,8H2,1-2H3;3-4,8,10,13-18H,5-7H2,1-2H3;6-17H,3-5H2,1-2H3/b8-6+;6-4+;;. The smallest absolute Gasteiger partial charge is 0.331 e. The highest BCUT2D eigenvalue weighted by molar-refractivity contribution is 5.88. The number of hydrogen-bond donors (Lipinski definition) is 15. The first-order valence-corrected chi connectivity index (χ1v) is 31.5. The summed E-state index contributed by atoms with van der Waals surface area (Å²) >= 11 is 0. The van der Waals surface area contributed by atoms with E-state index in [-0.39, 0.29) is 77.9 Å². The van der Waals surface area contributed by atoms with Gasteiger partial charge in [0.05, 0.1) is 81.9 Å². The molecule has 4 aromatic rings. The number of esters is 2. The first-order chi connectivity index (χ1) is 44.9. The van der Waals surface area contributed by atoms with Gasteiger partial charge in [-0.3, -0.25) is 0 Å². The highest BCUT2D eigenvalue weighted by Crippen LogP contribution is 2.31. The van der Waals surface area contributed by atoms with Gasteiger partial charge in [-0.1, -0.05) is 50.2 Å². The summed E-state index contributed by atoms with van der Waals surface area (Å²) in [6.07, 6.45) is -9.53. The van der Waals surface area contributed by atoms with Crippen molar-refractivity contribution >= 4 is 24.1 Å². The predicted octanol–water partition coefficient (Wildman–Crippen LogP) is 2.93. The fourth-order valence-electron chi connectivity index (χ4n) is 10.3. The predicted molar refractivity (Wildman–Crippen MR) is 338 cm³/mol. The van der Waals surface area contributed by atoms with Crippen LogP contribution in [0.4, 0.5) is 0 Å². The Bertz CT molecular complexity index is 3110. The summed E-state index contributed by atoms with van der Waals surface area (Å²) in [6.45, 7) is 15.7. The molecule has 0 aromatic heterocycles. The van der Waals surface area contributed by atoms with Crippen LogP contribution in [0.25, 0.3) is 12.2 Å². The van der Waals surface area contributed by atoms with Gasteiger partial charge in [0, 0.05) is 36.8 Å². The van der Waals surface area contributed by atoms with Crippen LogP contribution in [0.5, 0.6) is 34.5 Å². The van der Waals surface area contributed by atoms with Crippen molar-refractivity contribution in [1.29, 1.82) is 0 Å². The number of aliphatic hydroxyl groups is 9. The van der Waals surface area contributed by atoms with Crippen LogP contribution in [0.1, 0.15) is 87.8 Å².